The number of nitrogens with one attached hydrogen (secondary N) is 1. The third-order valence-corrected chi connectivity index (χ3v) is 4.27. The second-order valence-electron chi connectivity index (χ2n) is 5.96. The van der Waals surface area contributed by atoms with Crippen LogP contribution in [0.4, 0.5) is 10.1 Å². The number of fused-ring (bicyclic) bond motifs is 1. The number of benzene rings is 2. The van der Waals surface area contributed by atoms with E-state index in [0.717, 1.165) is 16.8 Å². The third-order valence-electron chi connectivity index (χ3n) is 4.27. The van der Waals surface area contributed by atoms with Gasteiger partial charge in [-0.05, 0) is 35.2 Å². The Balaban J connectivity index is 1.52. The molecule has 0 saturated carbocycles. The van der Waals surface area contributed by atoms with Crippen LogP contribution in [0.25, 0.3) is 0 Å². The maximum Gasteiger partial charge on any atom is 0.231 e. The van der Waals surface area contributed by atoms with Crippen LogP contribution in [0.3, 0.4) is 0 Å². The van der Waals surface area contributed by atoms with E-state index in [0.29, 0.717) is 24.9 Å². The number of halogens is 1. The number of anilines is 1. The summed E-state index contributed by atoms with van der Waals surface area (Å²) in [4.78, 5) is 25.2. The number of nitrogens with zero attached hydrogens (tertiary/aromatic N) is 1. The molecule has 5 heteroatoms. The van der Waals surface area contributed by atoms with E-state index in [9.17, 15) is 14.0 Å². The molecule has 0 aromatic heterocycles. The molecule has 0 radical (unpaired) electrons. The Kier molecular flexibility index (Phi) is 4.60. The Labute approximate surface area is 140 Å². The fraction of sp³-hybridized carbons (Fsp3) is 0.263. The van der Waals surface area contributed by atoms with E-state index in [2.05, 4.69) is 5.32 Å². The highest BCUT2D eigenvalue weighted by Crippen LogP contribution is 2.28. The van der Waals surface area contributed by atoms with Crippen molar-refractivity contribution in [3.63, 3.8) is 0 Å². The molecular formula is C19H19FN2O2. The molecule has 24 heavy (non-hydrogen) atoms. The van der Waals surface area contributed by atoms with Crippen molar-refractivity contribution in [1.82, 2.24) is 5.32 Å². The van der Waals surface area contributed by atoms with Crippen LogP contribution in [0.5, 0.6) is 0 Å². The maximum atomic E-state index is 13.5. The first-order valence-corrected chi connectivity index (χ1v) is 7.93. The first-order valence-electron chi connectivity index (χ1n) is 7.93. The molecule has 1 aliphatic rings. The van der Waals surface area contributed by atoms with Gasteiger partial charge in [-0.25, -0.2) is 4.39 Å². The summed E-state index contributed by atoms with van der Waals surface area (Å²) in [6.45, 7) is 0.482. The zero-order valence-corrected chi connectivity index (χ0v) is 13.5. The van der Waals surface area contributed by atoms with Gasteiger partial charge in [0.2, 0.25) is 11.8 Å². The van der Waals surface area contributed by atoms with Crippen LogP contribution in [0.15, 0.2) is 42.5 Å². The van der Waals surface area contributed by atoms with Crippen molar-refractivity contribution in [3.8, 4) is 0 Å². The summed E-state index contributed by atoms with van der Waals surface area (Å²) >= 11 is 0. The van der Waals surface area contributed by atoms with Crippen LogP contribution >= 0.6 is 0 Å². The van der Waals surface area contributed by atoms with Crippen molar-refractivity contribution >= 4 is 17.5 Å². The van der Waals surface area contributed by atoms with Crippen molar-refractivity contribution in [1.29, 1.82) is 0 Å². The molecule has 0 saturated heterocycles. The zero-order valence-electron chi connectivity index (χ0n) is 13.5. The first kappa shape index (κ1) is 16.2. The molecule has 0 bridgehead atoms. The molecule has 2 aromatic rings. The molecule has 1 heterocycles. The lowest BCUT2D eigenvalue weighted by Crippen LogP contribution is -2.27. The highest BCUT2D eigenvalue weighted by molar-refractivity contribution is 6.00. The minimum absolute atomic E-state index is 0.0379. The van der Waals surface area contributed by atoms with Crippen LogP contribution in [-0.4, -0.2) is 25.4 Å². The van der Waals surface area contributed by atoms with Gasteiger partial charge < -0.3 is 10.2 Å². The van der Waals surface area contributed by atoms with E-state index in [4.69, 9.17) is 0 Å². The summed E-state index contributed by atoms with van der Waals surface area (Å²) in [5.41, 5.74) is 3.45. The third kappa shape index (κ3) is 3.45. The van der Waals surface area contributed by atoms with Gasteiger partial charge in [-0.15, -0.1) is 0 Å². The molecule has 0 atom stereocenters. The van der Waals surface area contributed by atoms with E-state index >= 15 is 0 Å². The van der Waals surface area contributed by atoms with Crippen molar-refractivity contribution in [3.05, 3.63) is 65.0 Å². The van der Waals surface area contributed by atoms with E-state index < -0.39 is 0 Å². The average molecular weight is 326 g/mol. The first-order chi connectivity index (χ1) is 11.5. The average Bonchev–Trinajstić information content (AvgIpc) is 2.84. The van der Waals surface area contributed by atoms with Gasteiger partial charge in [0.1, 0.15) is 5.82 Å². The van der Waals surface area contributed by atoms with E-state index in [1.165, 1.54) is 6.07 Å². The van der Waals surface area contributed by atoms with Crippen molar-refractivity contribution in [2.45, 2.75) is 19.3 Å². The highest BCUT2D eigenvalue weighted by Gasteiger charge is 2.23. The molecular weight excluding hydrogens is 307 g/mol. The molecule has 0 fully saturated rings. The fourth-order valence-corrected chi connectivity index (χ4v) is 2.90. The number of carbonyl (C=O) groups is 2. The molecule has 4 nitrogen and oxygen atoms in total. The molecule has 0 aliphatic carbocycles. The Bertz CT molecular complexity index is 789. The Morgan fingerprint density at radius 3 is 2.83 bits per heavy atom. The summed E-state index contributed by atoms with van der Waals surface area (Å²) in [5.74, 6) is -0.462. The number of amides is 2. The number of hydrogen-bond donors (Lipinski definition) is 1. The molecule has 1 aliphatic heterocycles. The van der Waals surface area contributed by atoms with Gasteiger partial charge in [0.25, 0.3) is 0 Å². The Morgan fingerprint density at radius 2 is 2.04 bits per heavy atom. The molecule has 0 unspecified atom stereocenters. The lowest BCUT2D eigenvalue weighted by molar-refractivity contribution is -0.120. The van der Waals surface area contributed by atoms with E-state index in [1.54, 1.807) is 30.1 Å². The fourth-order valence-electron chi connectivity index (χ4n) is 2.90. The monoisotopic (exact) mass is 326 g/mol. The van der Waals surface area contributed by atoms with Gasteiger partial charge in [0, 0.05) is 19.3 Å². The standard InChI is InChI=1S/C19H19FN2O2/c1-22-17-7-6-13(10-15(17)12-19(22)24)8-9-21-18(23)11-14-4-2-3-5-16(14)20/h2-7,10H,8-9,11-12H2,1H3,(H,21,23). The van der Waals surface area contributed by atoms with Crippen LogP contribution in [-0.2, 0) is 28.9 Å². The highest BCUT2D eigenvalue weighted by atomic mass is 19.1. The molecule has 2 aromatic carbocycles. The molecule has 124 valence electrons. The zero-order chi connectivity index (χ0) is 17.1. The minimum Gasteiger partial charge on any atom is -0.355 e. The van der Waals surface area contributed by atoms with Crippen LogP contribution < -0.4 is 10.2 Å². The maximum absolute atomic E-state index is 13.5. The van der Waals surface area contributed by atoms with Gasteiger partial charge in [-0.1, -0.05) is 30.3 Å². The summed E-state index contributed by atoms with van der Waals surface area (Å²) in [5, 5.41) is 2.81. The number of rotatable bonds is 5. The van der Waals surface area contributed by atoms with Crippen molar-refractivity contribution in [2.24, 2.45) is 0 Å². The van der Waals surface area contributed by atoms with Gasteiger partial charge >= 0.3 is 0 Å². The van der Waals surface area contributed by atoms with Crippen molar-refractivity contribution in [2.75, 3.05) is 18.5 Å². The quantitative estimate of drug-likeness (QED) is 0.916. The van der Waals surface area contributed by atoms with Crippen LogP contribution in [0.2, 0.25) is 0 Å². The second kappa shape index (κ2) is 6.83. The molecule has 0 spiro atoms. The molecule has 1 N–H and O–H groups in total. The molecule has 2 amide bonds. The van der Waals surface area contributed by atoms with Crippen LogP contribution in [0, 0.1) is 5.82 Å². The van der Waals surface area contributed by atoms with E-state index in [-0.39, 0.29) is 24.1 Å². The number of carbonyl (C=O) groups excluding carboxylic acids is 2. The van der Waals surface area contributed by atoms with Gasteiger partial charge in [0.15, 0.2) is 0 Å². The summed E-state index contributed by atoms with van der Waals surface area (Å²) in [7, 11) is 1.77. The normalized spacial score (nSPS) is 13.1. The van der Waals surface area contributed by atoms with Gasteiger partial charge in [-0.3, -0.25) is 9.59 Å². The minimum atomic E-state index is -0.361. The molecule has 3 rings (SSSR count). The van der Waals surface area contributed by atoms with E-state index in [1.807, 2.05) is 18.2 Å². The second-order valence-corrected chi connectivity index (χ2v) is 5.96. The van der Waals surface area contributed by atoms with Gasteiger partial charge in [0.05, 0.1) is 12.8 Å². The Morgan fingerprint density at radius 1 is 1.25 bits per heavy atom. The SMILES string of the molecule is CN1C(=O)Cc2cc(CCNC(=O)Cc3ccccc3F)ccc21. The number of hydrogen-bond acceptors (Lipinski definition) is 2. The summed E-state index contributed by atoms with van der Waals surface area (Å²) in [6, 6.07) is 12.2. The lowest BCUT2D eigenvalue weighted by Gasteiger charge is -2.11. The topological polar surface area (TPSA) is 49.4 Å². The predicted molar refractivity (Wildman–Crippen MR) is 90.4 cm³/mol. The van der Waals surface area contributed by atoms with Crippen molar-refractivity contribution < 1.29 is 14.0 Å². The number of likely N-dealkylation sites (N-methyl/N-ethyl adjacent to an activating group) is 1. The lowest BCUT2D eigenvalue weighted by atomic mass is 10.1. The smallest absolute Gasteiger partial charge is 0.231 e. The van der Waals surface area contributed by atoms with Gasteiger partial charge in [-0.2, -0.15) is 0 Å². The summed E-state index contributed by atoms with van der Waals surface area (Å²) in [6.07, 6.45) is 1.14. The largest absolute Gasteiger partial charge is 0.355 e. The summed E-state index contributed by atoms with van der Waals surface area (Å²) < 4.78 is 13.5. The van der Waals surface area contributed by atoms with Crippen LogP contribution in [0.1, 0.15) is 16.7 Å². The Hall–Kier alpha value is -2.69. The predicted octanol–water partition coefficient (Wildman–Crippen LogP) is 2.25.